The van der Waals surface area contributed by atoms with Crippen LogP contribution in [0.3, 0.4) is 0 Å². The Hall–Kier alpha value is -2.74. The van der Waals surface area contributed by atoms with Crippen molar-refractivity contribution in [2.24, 2.45) is 4.99 Å². The monoisotopic (exact) mass is 268 g/mol. The minimum absolute atomic E-state index is 0.939. The summed E-state index contributed by atoms with van der Waals surface area (Å²) in [5.74, 6) is 0. The van der Waals surface area contributed by atoms with E-state index in [2.05, 4.69) is 53.5 Å². The molecule has 2 nitrogen and oxygen atoms in total. The highest BCUT2D eigenvalue weighted by molar-refractivity contribution is 6.37. The largest absolute Gasteiger partial charge is 0.254 e. The van der Waals surface area contributed by atoms with E-state index in [1.165, 1.54) is 21.6 Å². The van der Waals surface area contributed by atoms with Crippen molar-refractivity contribution in [2.75, 3.05) is 0 Å². The Morgan fingerprint density at radius 3 is 2.86 bits per heavy atom. The van der Waals surface area contributed by atoms with Crippen molar-refractivity contribution < 1.29 is 0 Å². The van der Waals surface area contributed by atoms with Crippen LogP contribution in [0.15, 0.2) is 59.7 Å². The summed E-state index contributed by atoms with van der Waals surface area (Å²) in [6.45, 7) is 0. The first-order valence-electron chi connectivity index (χ1n) is 7.16. The standard InChI is InChI=1S/C19H12N2/c1-2-6-15-13(4-1)11-17-16(15)10-14-8-7-12-5-3-9-20-18(12)19(14)21-17/h1-9,11H,10H2. The molecule has 1 aliphatic heterocycles. The van der Waals surface area contributed by atoms with Crippen molar-refractivity contribution in [3.05, 3.63) is 70.7 Å². The van der Waals surface area contributed by atoms with Crippen LogP contribution >= 0.6 is 0 Å². The van der Waals surface area contributed by atoms with E-state index in [4.69, 9.17) is 4.99 Å². The number of benzene rings is 2. The minimum Gasteiger partial charge on any atom is -0.254 e. The second-order valence-electron chi connectivity index (χ2n) is 5.53. The second-order valence-corrected chi connectivity index (χ2v) is 5.53. The quantitative estimate of drug-likeness (QED) is 0.615. The lowest BCUT2D eigenvalue weighted by molar-refractivity contribution is 1.25. The van der Waals surface area contributed by atoms with E-state index in [9.17, 15) is 0 Å². The lowest BCUT2D eigenvalue weighted by Crippen LogP contribution is -2.23. The number of hydrogen-bond acceptors (Lipinski definition) is 2. The molecular weight excluding hydrogens is 256 g/mol. The van der Waals surface area contributed by atoms with Crippen molar-refractivity contribution in [3.8, 4) is 0 Å². The van der Waals surface area contributed by atoms with E-state index in [1.54, 1.807) is 0 Å². The van der Waals surface area contributed by atoms with Crippen LogP contribution in [-0.4, -0.2) is 10.7 Å². The zero-order valence-corrected chi connectivity index (χ0v) is 11.4. The average molecular weight is 268 g/mol. The fourth-order valence-electron chi connectivity index (χ4n) is 3.31. The van der Waals surface area contributed by atoms with Crippen molar-refractivity contribution >= 4 is 34.0 Å². The summed E-state index contributed by atoms with van der Waals surface area (Å²) in [7, 11) is 0. The Bertz CT molecular complexity index is 1060. The normalized spacial score (nSPS) is 15.0. The predicted molar refractivity (Wildman–Crippen MR) is 86.1 cm³/mol. The van der Waals surface area contributed by atoms with Gasteiger partial charge in [0.25, 0.3) is 0 Å². The van der Waals surface area contributed by atoms with Crippen LogP contribution in [0.5, 0.6) is 0 Å². The molecule has 0 fully saturated rings. The highest BCUT2D eigenvalue weighted by Crippen LogP contribution is 2.35. The molecule has 0 unspecified atom stereocenters. The lowest BCUT2D eigenvalue weighted by Gasteiger charge is -2.16. The van der Waals surface area contributed by atoms with E-state index >= 15 is 0 Å². The molecule has 0 saturated carbocycles. The summed E-state index contributed by atoms with van der Waals surface area (Å²) in [6, 6.07) is 16.9. The van der Waals surface area contributed by atoms with Crippen LogP contribution < -0.4 is 10.4 Å². The van der Waals surface area contributed by atoms with Gasteiger partial charge in [0.05, 0.1) is 16.9 Å². The highest BCUT2D eigenvalue weighted by atomic mass is 14.8. The third-order valence-electron chi connectivity index (χ3n) is 4.32. The van der Waals surface area contributed by atoms with Gasteiger partial charge >= 0.3 is 0 Å². The predicted octanol–water partition coefficient (Wildman–Crippen LogP) is 2.51. The third-order valence-corrected chi connectivity index (χ3v) is 4.32. The first-order chi connectivity index (χ1) is 10.4. The number of fused-ring (bicyclic) bond motifs is 5. The van der Waals surface area contributed by atoms with E-state index in [1.807, 2.05) is 12.3 Å². The summed E-state index contributed by atoms with van der Waals surface area (Å²) in [5.41, 5.74) is 5.75. The SMILES string of the molecule is C1=c2ccccc2=C2Cc3ccc4cccnc4c3N=C12. The number of hydrogen-bond donors (Lipinski definition) is 0. The molecule has 0 amide bonds. The number of rotatable bonds is 0. The van der Waals surface area contributed by atoms with Gasteiger partial charge in [-0.3, -0.25) is 4.98 Å². The van der Waals surface area contributed by atoms with Gasteiger partial charge in [-0.15, -0.1) is 0 Å². The van der Waals surface area contributed by atoms with Crippen molar-refractivity contribution in [1.82, 2.24) is 4.98 Å². The maximum absolute atomic E-state index is 4.91. The van der Waals surface area contributed by atoms with Crippen LogP contribution in [-0.2, 0) is 6.42 Å². The molecule has 2 heterocycles. The molecule has 1 aromatic heterocycles. The molecule has 0 bridgehead atoms. The molecule has 0 radical (unpaired) electrons. The first-order valence-corrected chi connectivity index (χ1v) is 7.16. The van der Waals surface area contributed by atoms with Gasteiger partial charge in [0, 0.05) is 18.0 Å². The van der Waals surface area contributed by atoms with Crippen molar-refractivity contribution in [2.45, 2.75) is 6.42 Å². The Kier molecular flexibility index (Phi) is 2.03. The molecule has 0 atom stereocenters. The van der Waals surface area contributed by atoms with Crippen LogP contribution in [0.4, 0.5) is 5.69 Å². The number of pyridine rings is 1. The molecule has 2 aliphatic rings. The van der Waals surface area contributed by atoms with Gasteiger partial charge in [-0.05, 0) is 33.7 Å². The van der Waals surface area contributed by atoms with Gasteiger partial charge in [-0.1, -0.05) is 42.5 Å². The number of aliphatic imine (C=N–C) groups is 1. The summed E-state index contributed by atoms with van der Waals surface area (Å²) < 4.78 is 0. The molecule has 98 valence electrons. The number of aromatic nitrogens is 1. The Balaban J connectivity index is 1.87. The molecule has 5 rings (SSSR count). The van der Waals surface area contributed by atoms with Crippen LogP contribution in [0.2, 0.25) is 0 Å². The van der Waals surface area contributed by atoms with Crippen LogP contribution in [0.25, 0.3) is 22.6 Å². The fraction of sp³-hybridized carbons (Fsp3) is 0.0526. The van der Waals surface area contributed by atoms with Gasteiger partial charge in [0.15, 0.2) is 0 Å². The third kappa shape index (κ3) is 1.47. The van der Waals surface area contributed by atoms with Crippen LogP contribution in [0.1, 0.15) is 5.56 Å². The Labute approximate surface area is 121 Å². The fourth-order valence-corrected chi connectivity index (χ4v) is 3.31. The van der Waals surface area contributed by atoms with E-state index in [0.717, 1.165) is 28.7 Å². The smallest absolute Gasteiger partial charge is 0.0961 e. The zero-order chi connectivity index (χ0) is 13.8. The van der Waals surface area contributed by atoms with E-state index in [-0.39, 0.29) is 0 Å². The molecule has 21 heavy (non-hydrogen) atoms. The van der Waals surface area contributed by atoms with Gasteiger partial charge in [-0.25, -0.2) is 4.99 Å². The molecule has 2 aromatic carbocycles. The Morgan fingerprint density at radius 2 is 1.86 bits per heavy atom. The van der Waals surface area contributed by atoms with Gasteiger partial charge in [0.2, 0.25) is 0 Å². The molecular formula is C19H12N2. The highest BCUT2D eigenvalue weighted by Gasteiger charge is 2.21. The first kappa shape index (κ1) is 11.0. The van der Waals surface area contributed by atoms with Gasteiger partial charge in [0.1, 0.15) is 0 Å². The van der Waals surface area contributed by atoms with E-state index < -0.39 is 0 Å². The van der Waals surface area contributed by atoms with Gasteiger partial charge < -0.3 is 0 Å². The molecule has 2 heteroatoms. The summed E-state index contributed by atoms with van der Waals surface area (Å²) in [5, 5.41) is 3.75. The Morgan fingerprint density at radius 1 is 0.905 bits per heavy atom. The molecule has 0 saturated heterocycles. The minimum atomic E-state index is 0.939. The topological polar surface area (TPSA) is 25.2 Å². The molecule has 0 N–H and O–H groups in total. The molecule has 3 aromatic rings. The van der Waals surface area contributed by atoms with Crippen LogP contribution in [0, 0.1) is 0 Å². The maximum atomic E-state index is 4.91. The molecule has 0 spiro atoms. The summed E-state index contributed by atoms with van der Waals surface area (Å²) in [4.78, 5) is 9.44. The lowest BCUT2D eigenvalue weighted by atomic mass is 9.95. The second kappa shape index (κ2) is 3.89. The number of nitrogens with zero attached hydrogens (tertiary/aromatic N) is 2. The van der Waals surface area contributed by atoms with Gasteiger partial charge in [-0.2, -0.15) is 0 Å². The zero-order valence-electron chi connectivity index (χ0n) is 11.4. The van der Waals surface area contributed by atoms with Crippen molar-refractivity contribution in [3.63, 3.8) is 0 Å². The summed E-state index contributed by atoms with van der Waals surface area (Å²) in [6.07, 6.45) is 4.97. The van der Waals surface area contributed by atoms with E-state index in [0.29, 0.717) is 0 Å². The maximum Gasteiger partial charge on any atom is 0.0961 e. The molecule has 1 aliphatic carbocycles. The summed E-state index contributed by atoms with van der Waals surface area (Å²) >= 11 is 0. The van der Waals surface area contributed by atoms with Crippen molar-refractivity contribution in [1.29, 1.82) is 0 Å². The average Bonchev–Trinajstić information content (AvgIpc) is 2.90.